The van der Waals surface area contributed by atoms with Crippen LogP contribution in [-0.2, 0) is 6.42 Å². The van der Waals surface area contributed by atoms with Gasteiger partial charge < -0.3 is 9.72 Å². The second-order valence-electron chi connectivity index (χ2n) is 8.50. The average Bonchev–Trinajstić information content (AvgIpc) is 3.20. The van der Waals surface area contributed by atoms with Crippen molar-refractivity contribution >= 4 is 17.1 Å². The van der Waals surface area contributed by atoms with Gasteiger partial charge in [0.2, 0.25) is 0 Å². The second kappa shape index (κ2) is 8.45. The van der Waals surface area contributed by atoms with Crippen molar-refractivity contribution in [2.45, 2.75) is 32.6 Å². The first-order chi connectivity index (χ1) is 15.9. The van der Waals surface area contributed by atoms with Crippen LogP contribution in [0.4, 0.5) is 0 Å². The van der Waals surface area contributed by atoms with Gasteiger partial charge in [0.05, 0.1) is 18.4 Å². The van der Waals surface area contributed by atoms with Crippen molar-refractivity contribution in [1.82, 2.24) is 9.97 Å². The van der Waals surface area contributed by atoms with Gasteiger partial charge in [0.25, 0.3) is 5.56 Å². The van der Waals surface area contributed by atoms with E-state index in [0.717, 1.165) is 27.4 Å². The van der Waals surface area contributed by atoms with E-state index in [1.54, 1.807) is 13.2 Å². The number of nitrogens with one attached hydrogen (secondary N) is 1. The molecule has 5 rings (SSSR count). The molecule has 5 nitrogen and oxygen atoms in total. The maximum Gasteiger partial charge on any atom is 0.258 e. The predicted octanol–water partition coefficient (Wildman–Crippen LogP) is 5.70. The first-order valence-electron chi connectivity index (χ1n) is 10.9. The summed E-state index contributed by atoms with van der Waals surface area (Å²) in [5.41, 5.74) is 5.69. The summed E-state index contributed by atoms with van der Waals surface area (Å²) in [6.45, 7) is 4.06. The van der Waals surface area contributed by atoms with Gasteiger partial charge in [-0.2, -0.15) is 0 Å². The zero-order chi connectivity index (χ0) is 23.1. The third kappa shape index (κ3) is 4.02. The molecular formula is C27H24N2O3S. The van der Waals surface area contributed by atoms with Gasteiger partial charge >= 0.3 is 0 Å². The first kappa shape index (κ1) is 21.3. The van der Waals surface area contributed by atoms with E-state index >= 15 is 0 Å². The van der Waals surface area contributed by atoms with Crippen molar-refractivity contribution in [3.8, 4) is 27.6 Å². The SMILES string of the molecule is COc1ccc(C2CC(=O)c3cc(-c4nc(-c5ccc(C)cc5)c(C)s4)c(=O)[nH]c3C2)cc1. The van der Waals surface area contributed by atoms with Crippen molar-refractivity contribution in [3.05, 3.63) is 92.2 Å². The monoisotopic (exact) mass is 456 g/mol. The lowest BCUT2D eigenvalue weighted by Crippen LogP contribution is -2.24. The lowest BCUT2D eigenvalue weighted by molar-refractivity contribution is 0.0963. The molecule has 1 atom stereocenters. The molecule has 0 spiro atoms. The molecule has 0 amide bonds. The van der Waals surface area contributed by atoms with Crippen molar-refractivity contribution in [1.29, 1.82) is 0 Å². The topological polar surface area (TPSA) is 72.0 Å². The van der Waals surface area contributed by atoms with Crippen LogP contribution >= 0.6 is 11.3 Å². The lowest BCUT2D eigenvalue weighted by Gasteiger charge is -2.24. The number of carbonyl (C=O) groups is 1. The number of ether oxygens (including phenoxy) is 1. The normalized spacial score (nSPS) is 15.4. The number of aromatic amines is 1. The van der Waals surface area contributed by atoms with Gasteiger partial charge in [-0.3, -0.25) is 9.59 Å². The number of Topliss-reactive ketones (excluding diaryl/α,β-unsaturated/α-hetero) is 1. The Morgan fingerprint density at radius 2 is 1.70 bits per heavy atom. The van der Waals surface area contributed by atoms with E-state index in [0.29, 0.717) is 34.7 Å². The quantitative estimate of drug-likeness (QED) is 0.427. The Labute approximate surface area is 196 Å². The number of carbonyl (C=O) groups excluding carboxylic acids is 1. The number of hydrogen-bond acceptors (Lipinski definition) is 5. The molecule has 4 aromatic rings. The number of pyridine rings is 1. The van der Waals surface area contributed by atoms with Crippen LogP contribution in [0.5, 0.6) is 5.75 Å². The van der Waals surface area contributed by atoms with Gasteiger partial charge in [0, 0.05) is 28.1 Å². The number of nitrogens with zero attached hydrogens (tertiary/aromatic N) is 1. The van der Waals surface area contributed by atoms with Gasteiger partial charge in [-0.1, -0.05) is 42.0 Å². The number of aryl methyl sites for hydroxylation is 2. The fraction of sp³-hybridized carbons (Fsp3) is 0.222. The van der Waals surface area contributed by atoms with E-state index in [1.165, 1.54) is 16.9 Å². The minimum absolute atomic E-state index is 0.0349. The molecule has 0 saturated carbocycles. The van der Waals surface area contributed by atoms with Crippen LogP contribution in [0.3, 0.4) is 0 Å². The standard InChI is InChI=1S/C27H24N2O3S/c1-15-4-6-18(7-5-15)25-16(2)33-27(29-25)22-14-21-23(28-26(22)31)12-19(13-24(21)30)17-8-10-20(32-3)11-9-17/h4-11,14,19H,12-13H2,1-3H3,(H,28,31). The molecule has 6 heteroatoms. The molecule has 1 N–H and O–H groups in total. The maximum atomic E-state index is 13.0. The Balaban J connectivity index is 1.49. The number of benzene rings is 2. The summed E-state index contributed by atoms with van der Waals surface area (Å²) in [4.78, 5) is 34.9. The van der Waals surface area contributed by atoms with Crippen LogP contribution in [-0.4, -0.2) is 22.9 Å². The third-order valence-electron chi connectivity index (χ3n) is 6.24. The summed E-state index contributed by atoms with van der Waals surface area (Å²) in [6.07, 6.45) is 1.03. The van der Waals surface area contributed by atoms with Crippen molar-refractivity contribution in [2.24, 2.45) is 0 Å². The highest BCUT2D eigenvalue weighted by Crippen LogP contribution is 2.36. The number of rotatable bonds is 4. The van der Waals surface area contributed by atoms with E-state index in [9.17, 15) is 9.59 Å². The highest BCUT2D eigenvalue weighted by atomic mass is 32.1. The summed E-state index contributed by atoms with van der Waals surface area (Å²) in [5, 5.41) is 0.636. The van der Waals surface area contributed by atoms with Gasteiger partial charge in [0.15, 0.2) is 5.78 Å². The maximum absolute atomic E-state index is 13.0. The van der Waals surface area contributed by atoms with Crippen LogP contribution < -0.4 is 10.3 Å². The number of aromatic nitrogens is 2. The molecule has 0 bridgehead atoms. The van der Waals surface area contributed by atoms with E-state index in [4.69, 9.17) is 9.72 Å². The summed E-state index contributed by atoms with van der Waals surface area (Å²) in [6, 6.07) is 17.7. The molecular weight excluding hydrogens is 432 g/mol. The average molecular weight is 457 g/mol. The number of ketones is 1. The van der Waals surface area contributed by atoms with Crippen LogP contribution in [0, 0.1) is 13.8 Å². The van der Waals surface area contributed by atoms with Crippen LogP contribution in [0.2, 0.25) is 0 Å². The Morgan fingerprint density at radius 1 is 0.970 bits per heavy atom. The molecule has 2 aromatic carbocycles. The largest absolute Gasteiger partial charge is 0.497 e. The Morgan fingerprint density at radius 3 is 2.39 bits per heavy atom. The highest BCUT2D eigenvalue weighted by Gasteiger charge is 2.28. The lowest BCUT2D eigenvalue weighted by atomic mass is 9.81. The van der Waals surface area contributed by atoms with Crippen molar-refractivity contribution in [2.75, 3.05) is 7.11 Å². The molecule has 0 radical (unpaired) electrons. The third-order valence-corrected chi connectivity index (χ3v) is 7.25. The van der Waals surface area contributed by atoms with Crippen LogP contribution in [0.25, 0.3) is 21.8 Å². The van der Waals surface area contributed by atoms with Gasteiger partial charge in [-0.25, -0.2) is 4.98 Å². The molecule has 1 unspecified atom stereocenters. The molecule has 0 saturated heterocycles. The van der Waals surface area contributed by atoms with Crippen LogP contribution in [0.15, 0.2) is 59.4 Å². The molecule has 0 fully saturated rings. The summed E-state index contributed by atoms with van der Waals surface area (Å²) < 4.78 is 5.23. The summed E-state index contributed by atoms with van der Waals surface area (Å²) in [7, 11) is 1.63. The number of fused-ring (bicyclic) bond motifs is 1. The van der Waals surface area contributed by atoms with Gasteiger partial charge in [-0.15, -0.1) is 11.3 Å². The fourth-order valence-corrected chi connectivity index (χ4v) is 5.34. The molecule has 0 aliphatic heterocycles. The fourth-order valence-electron chi connectivity index (χ4n) is 4.39. The smallest absolute Gasteiger partial charge is 0.258 e. The summed E-state index contributed by atoms with van der Waals surface area (Å²) >= 11 is 1.48. The highest BCUT2D eigenvalue weighted by molar-refractivity contribution is 7.15. The molecule has 2 aromatic heterocycles. The van der Waals surface area contributed by atoms with Crippen molar-refractivity contribution < 1.29 is 9.53 Å². The molecule has 2 heterocycles. The zero-order valence-corrected chi connectivity index (χ0v) is 19.6. The van der Waals surface area contributed by atoms with E-state index in [-0.39, 0.29) is 17.3 Å². The first-order valence-corrected chi connectivity index (χ1v) is 11.7. The van der Waals surface area contributed by atoms with E-state index in [2.05, 4.69) is 17.1 Å². The molecule has 33 heavy (non-hydrogen) atoms. The molecule has 166 valence electrons. The summed E-state index contributed by atoms with van der Waals surface area (Å²) in [5.74, 6) is 0.859. The Hall–Kier alpha value is -3.51. The van der Waals surface area contributed by atoms with Crippen LogP contribution in [0.1, 0.15) is 44.4 Å². The second-order valence-corrected chi connectivity index (χ2v) is 9.70. The zero-order valence-electron chi connectivity index (χ0n) is 18.8. The Kier molecular flexibility index (Phi) is 5.46. The van der Waals surface area contributed by atoms with Gasteiger partial charge in [0.1, 0.15) is 10.8 Å². The van der Waals surface area contributed by atoms with E-state index < -0.39 is 0 Å². The minimum Gasteiger partial charge on any atom is -0.497 e. The van der Waals surface area contributed by atoms with Crippen molar-refractivity contribution in [3.63, 3.8) is 0 Å². The Bertz CT molecular complexity index is 1400. The van der Waals surface area contributed by atoms with E-state index in [1.807, 2.05) is 50.2 Å². The number of methoxy groups -OCH3 is 1. The number of hydrogen-bond donors (Lipinski definition) is 1. The molecule has 1 aliphatic carbocycles. The number of H-pyrrole nitrogens is 1. The minimum atomic E-state index is -0.207. The predicted molar refractivity (Wildman–Crippen MR) is 131 cm³/mol. The van der Waals surface area contributed by atoms with Gasteiger partial charge in [-0.05, 0) is 49.9 Å². The number of thiazole rings is 1. The molecule has 1 aliphatic rings.